The van der Waals surface area contributed by atoms with Gasteiger partial charge in [-0.3, -0.25) is 9.59 Å². The SMILES string of the molecule is C[C@H](OC(=O)COc1ccccc1C(N)=O)C(=O)N(Cc1ccccc1)C(C)(C)C. The summed E-state index contributed by atoms with van der Waals surface area (Å²) < 4.78 is 10.6. The Morgan fingerprint density at radius 3 is 2.20 bits per heavy atom. The third-order valence-electron chi connectivity index (χ3n) is 4.41. The number of hydrogen-bond acceptors (Lipinski definition) is 5. The van der Waals surface area contributed by atoms with Gasteiger partial charge in [-0.2, -0.15) is 0 Å². The van der Waals surface area contributed by atoms with Gasteiger partial charge in [0.2, 0.25) is 0 Å². The predicted octanol–water partition coefficient (Wildman–Crippen LogP) is 2.92. The van der Waals surface area contributed by atoms with Crippen molar-refractivity contribution in [2.75, 3.05) is 6.61 Å². The van der Waals surface area contributed by atoms with Crippen molar-refractivity contribution in [2.24, 2.45) is 5.73 Å². The molecular formula is C23H28N2O5. The maximum atomic E-state index is 13.0. The summed E-state index contributed by atoms with van der Waals surface area (Å²) in [5, 5.41) is 0. The zero-order chi connectivity index (χ0) is 22.3. The molecule has 0 aliphatic carbocycles. The zero-order valence-electron chi connectivity index (χ0n) is 17.8. The average molecular weight is 412 g/mol. The molecule has 160 valence electrons. The minimum absolute atomic E-state index is 0.163. The van der Waals surface area contributed by atoms with Crippen molar-refractivity contribution in [3.8, 4) is 5.75 Å². The van der Waals surface area contributed by atoms with Crippen LogP contribution < -0.4 is 10.5 Å². The highest BCUT2D eigenvalue weighted by Gasteiger charge is 2.31. The second kappa shape index (κ2) is 9.91. The Bertz CT molecular complexity index is 890. The van der Waals surface area contributed by atoms with Gasteiger partial charge in [0.25, 0.3) is 11.8 Å². The van der Waals surface area contributed by atoms with E-state index in [-0.39, 0.29) is 17.2 Å². The minimum atomic E-state index is -0.990. The van der Waals surface area contributed by atoms with E-state index >= 15 is 0 Å². The summed E-state index contributed by atoms with van der Waals surface area (Å²) >= 11 is 0. The molecule has 2 rings (SSSR count). The number of para-hydroxylation sites is 1. The standard InChI is InChI=1S/C23H28N2O5/c1-16(22(28)25(23(2,3)4)14-17-10-6-5-7-11-17)30-20(26)15-29-19-13-9-8-12-18(19)21(24)27/h5-13,16H,14-15H2,1-4H3,(H2,24,27)/t16-/m0/s1. The van der Waals surface area contributed by atoms with Crippen molar-refractivity contribution in [3.05, 3.63) is 65.7 Å². The van der Waals surface area contributed by atoms with Crippen LogP contribution in [0.4, 0.5) is 0 Å². The Morgan fingerprint density at radius 1 is 1.00 bits per heavy atom. The second-order valence-corrected chi connectivity index (χ2v) is 7.86. The van der Waals surface area contributed by atoms with Crippen LogP contribution in [0.2, 0.25) is 0 Å². The molecule has 2 amide bonds. The van der Waals surface area contributed by atoms with Gasteiger partial charge in [0, 0.05) is 12.1 Å². The van der Waals surface area contributed by atoms with Crippen LogP contribution >= 0.6 is 0 Å². The first-order valence-electron chi connectivity index (χ1n) is 9.66. The molecule has 0 radical (unpaired) electrons. The lowest BCUT2D eigenvalue weighted by atomic mass is 10.0. The lowest BCUT2D eigenvalue weighted by Crippen LogP contribution is -2.49. The van der Waals surface area contributed by atoms with Gasteiger partial charge in [-0.05, 0) is 45.4 Å². The molecule has 0 aromatic heterocycles. The van der Waals surface area contributed by atoms with Crippen molar-refractivity contribution in [1.29, 1.82) is 0 Å². The van der Waals surface area contributed by atoms with Gasteiger partial charge in [0.05, 0.1) is 5.56 Å². The molecule has 0 aliphatic rings. The van der Waals surface area contributed by atoms with Crippen molar-refractivity contribution in [2.45, 2.75) is 45.9 Å². The molecule has 7 nitrogen and oxygen atoms in total. The van der Waals surface area contributed by atoms with Gasteiger partial charge in [0.15, 0.2) is 12.7 Å². The van der Waals surface area contributed by atoms with Crippen molar-refractivity contribution in [1.82, 2.24) is 4.90 Å². The van der Waals surface area contributed by atoms with Crippen LogP contribution in [0.25, 0.3) is 0 Å². The molecule has 0 fully saturated rings. The molecule has 0 spiro atoms. The largest absolute Gasteiger partial charge is 0.481 e. The van der Waals surface area contributed by atoms with E-state index in [9.17, 15) is 14.4 Å². The Kier molecular flexibility index (Phi) is 7.58. The minimum Gasteiger partial charge on any atom is -0.481 e. The topological polar surface area (TPSA) is 98.9 Å². The highest BCUT2D eigenvalue weighted by Crippen LogP contribution is 2.20. The molecule has 7 heteroatoms. The van der Waals surface area contributed by atoms with Crippen LogP contribution in [0.1, 0.15) is 43.6 Å². The van der Waals surface area contributed by atoms with E-state index in [1.54, 1.807) is 17.0 Å². The number of carbonyl (C=O) groups is 3. The maximum absolute atomic E-state index is 13.0. The fraction of sp³-hybridized carbons (Fsp3) is 0.348. The summed E-state index contributed by atoms with van der Waals surface area (Å²) in [5.74, 6) is -1.51. The first kappa shape index (κ1) is 22.9. The van der Waals surface area contributed by atoms with Gasteiger partial charge in [-0.1, -0.05) is 42.5 Å². The Balaban J connectivity index is 2.00. The number of nitrogens with two attached hydrogens (primary N) is 1. The van der Waals surface area contributed by atoms with E-state index in [1.807, 2.05) is 51.1 Å². The quantitative estimate of drug-likeness (QED) is 0.672. The summed E-state index contributed by atoms with van der Waals surface area (Å²) in [5.41, 5.74) is 5.97. The van der Waals surface area contributed by atoms with E-state index in [4.69, 9.17) is 15.2 Å². The lowest BCUT2D eigenvalue weighted by Gasteiger charge is -2.37. The van der Waals surface area contributed by atoms with Crippen LogP contribution in [-0.4, -0.2) is 40.9 Å². The Morgan fingerprint density at radius 2 is 1.60 bits per heavy atom. The smallest absolute Gasteiger partial charge is 0.344 e. The van der Waals surface area contributed by atoms with Gasteiger partial charge >= 0.3 is 5.97 Å². The molecule has 2 aromatic rings. The van der Waals surface area contributed by atoms with E-state index in [2.05, 4.69) is 0 Å². The first-order valence-corrected chi connectivity index (χ1v) is 9.66. The third kappa shape index (κ3) is 6.34. The summed E-state index contributed by atoms with van der Waals surface area (Å²) in [4.78, 5) is 38.3. The molecule has 0 saturated carbocycles. The Hall–Kier alpha value is -3.35. The molecule has 0 aliphatic heterocycles. The molecule has 0 bridgehead atoms. The highest BCUT2D eigenvalue weighted by molar-refractivity contribution is 5.95. The molecule has 30 heavy (non-hydrogen) atoms. The summed E-state index contributed by atoms with van der Waals surface area (Å²) in [7, 11) is 0. The monoisotopic (exact) mass is 412 g/mol. The van der Waals surface area contributed by atoms with Gasteiger partial charge < -0.3 is 20.1 Å². The van der Waals surface area contributed by atoms with E-state index in [0.717, 1.165) is 5.56 Å². The summed E-state index contributed by atoms with van der Waals surface area (Å²) in [6, 6.07) is 15.9. The summed E-state index contributed by atoms with van der Waals surface area (Å²) in [6.07, 6.45) is -0.990. The molecule has 0 saturated heterocycles. The Labute approximate surface area is 176 Å². The number of hydrogen-bond donors (Lipinski definition) is 1. The second-order valence-electron chi connectivity index (χ2n) is 7.86. The van der Waals surface area contributed by atoms with Crippen molar-refractivity contribution >= 4 is 17.8 Å². The predicted molar refractivity (Wildman–Crippen MR) is 113 cm³/mol. The number of primary amides is 1. The molecule has 0 heterocycles. The first-order chi connectivity index (χ1) is 14.1. The van der Waals surface area contributed by atoms with E-state index < -0.39 is 30.1 Å². The lowest BCUT2D eigenvalue weighted by molar-refractivity contribution is -0.163. The number of rotatable bonds is 8. The zero-order valence-corrected chi connectivity index (χ0v) is 17.8. The van der Waals surface area contributed by atoms with E-state index in [1.165, 1.54) is 19.1 Å². The number of carbonyl (C=O) groups excluding carboxylic acids is 3. The normalized spacial score (nSPS) is 12.0. The van der Waals surface area contributed by atoms with Gasteiger partial charge in [-0.15, -0.1) is 0 Å². The number of benzene rings is 2. The summed E-state index contributed by atoms with van der Waals surface area (Å²) in [6.45, 7) is 7.25. The molecule has 2 aromatic carbocycles. The molecule has 0 unspecified atom stereocenters. The van der Waals surface area contributed by atoms with Crippen LogP contribution in [0.3, 0.4) is 0 Å². The molecule has 2 N–H and O–H groups in total. The van der Waals surface area contributed by atoms with Gasteiger partial charge in [-0.25, -0.2) is 4.79 Å². The number of ether oxygens (including phenoxy) is 2. The number of amides is 2. The highest BCUT2D eigenvalue weighted by atomic mass is 16.6. The molecular weight excluding hydrogens is 384 g/mol. The van der Waals surface area contributed by atoms with Gasteiger partial charge in [0.1, 0.15) is 5.75 Å². The van der Waals surface area contributed by atoms with Crippen LogP contribution in [0.15, 0.2) is 54.6 Å². The maximum Gasteiger partial charge on any atom is 0.344 e. The number of esters is 1. The van der Waals surface area contributed by atoms with Crippen LogP contribution in [0, 0.1) is 0 Å². The van der Waals surface area contributed by atoms with Crippen LogP contribution in [-0.2, 0) is 20.9 Å². The number of nitrogens with zero attached hydrogens (tertiary/aromatic N) is 1. The van der Waals surface area contributed by atoms with Crippen molar-refractivity contribution < 1.29 is 23.9 Å². The molecule has 1 atom stereocenters. The fourth-order valence-corrected chi connectivity index (χ4v) is 2.85. The third-order valence-corrected chi connectivity index (χ3v) is 4.41. The van der Waals surface area contributed by atoms with Crippen LogP contribution in [0.5, 0.6) is 5.75 Å². The fourth-order valence-electron chi connectivity index (χ4n) is 2.85. The van der Waals surface area contributed by atoms with Crippen molar-refractivity contribution in [3.63, 3.8) is 0 Å². The van der Waals surface area contributed by atoms with E-state index in [0.29, 0.717) is 6.54 Å². The average Bonchev–Trinajstić information content (AvgIpc) is 2.70.